The first kappa shape index (κ1) is 26.2. The number of alkyl halides is 2. The summed E-state index contributed by atoms with van der Waals surface area (Å²) in [6.45, 7) is 0. The molecular weight excluding hydrogens is 512 g/mol. The van der Waals surface area contributed by atoms with Crippen molar-refractivity contribution in [2.45, 2.75) is 60.4 Å². The number of rotatable bonds is 8. The number of thioether (sulfide) groups is 1. The molecule has 2 fully saturated rings. The van der Waals surface area contributed by atoms with Crippen LogP contribution in [0.1, 0.15) is 49.1 Å². The van der Waals surface area contributed by atoms with E-state index in [0.29, 0.717) is 23.8 Å². The zero-order valence-corrected chi connectivity index (χ0v) is 22.0. The van der Waals surface area contributed by atoms with Crippen molar-refractivity contribution < 1.29 is 27.5 Å². The molecule has 3 N–H and O–H groups in total. The zero-order valence-electron chi connectivity index (χ0n) is 21.2. The van der Waals surface area contributed by atoms with Crippen molar-refractivity contribution in [2.24, 2.45) is 0 Å². The van der Waals surface area contributed by atoms with Crippen molar-refractivity contribution in [3.8, 4) is 16.9 Å². The van der Waals surface area contributed by atoms with Crippen LogP contribution in [0.5, 0.6) is 5.75 Å². The lowest BCUT2D eigenvalue weighted by Gasteiger charge is -2.39. The molecule has 7 nitrogen and oxygen atoms in total. The van der Waals surface area contributed by atoms with Crippen molar-refractivity contribution >= 4 is 40.8 Å². The van der Waals surface area contributed by atoms with Crippen LogP contribution in [0.3, 0.4) is 0 Å². The Hall–Kier alpha value is -3.40. The van der Waals surface area contributed by atoms with E-state index in [4.69, 9.17) is 14.6 Å². The third-order valence-corrected chi connectivity index (χ3v) is 8.29. The van der Waals surface area contributed by atoms with Gasteiger partial charge in [-0.3, -0.25) is 9.59 Å². The average molecular weight is 542 g/mol. The minimum Gasteiger partial charge on any atom is -0.496 e. The predicted molar refractivity (Wildman–Crippen MR) is 142 cm³/mol. The molecule has 1 heterocycles. The molecule has 2 saturated carbocycles. The maximum Gasteiger partial charge on any atom is 0.287 e. The van der Waals surface area contributed by atoms with Crippen molar-refractivity contribution in [1.29, 1.82) is 5.41 Å². The Morgan fingerprint density at radius 3 is 2.32 bits per heavy atom. The van der Waals surface area contributed by atoms with Crippen LogP contribution in [0.15, 0.2) is 51.8 Å². The maximum absolute atomic E-state index is 14.0. The highest BCUT2D eigenvalue weighted by atomic mass is 32.2. The topological polar surface area (TPSA) is 104 Å². The van der Waals surface area contributed by atoms with E-state index in [0.717, 1.165) is 21.8 Å². The lowest BCUT2D eigenvalue weighted by molar-refractivity contribution is -0.133. The fraction of sp³-hybridized carbons (Fsp3) is 0.393. The molecule has 5 rings (SSSR count). The number of carbonyl (C=O) groups is 2. The number of hydrogen-bond acceptors (Lipinski definition) is 6. The number of carbonyl (C=O) groups excluding carboxylic acids is 2. The second-order valence-corrected chi connectivity index (χ2v) is 10.9. The summed E-state index contributed by atoms with van der Waals surface area (Å²) in [7, 11) is 1.62. The Kier molecular flexibility index (Phi) is 6.71. The Morgan fingerprint density at radius 1 is 1.00 bits per heavy atom. The Morgan fingerprint density at radius 2 is 1.68 bits per heavy atom. The normalized spacial score (nSPS) is 18.9. The van der Waals surface area contributed by atoms with Gasteiger partial charge in [0.1, 0.15) is 16.9 Å². The van der Waals surface area contributed by atoms with Crippen LogP contribution in [-0.2, 0) is 4.79 Å². The van der Waals surface area contributed by atoms with Gasteiger partial charge in [0.15, 0.2) is 5.76 Å². The second-order valence-electron chi connectivity index (χ2n) is 10.1. The highest BCUT2D eigenvalue weighted by Gasteiger charge is 2.52. The molecule has 200 valence electrons. The molecule has 0 aliphatic heterocycles. The Bertz CT molecular complexity index is 1410. The van der Waals surface area contributed by atoms with Gasteiger partial charge in [0.05, 0.1) is 12.6 Å². The van der Waals surface area contributed by atoms with Crippen LogP contribution in [0.4, 0.5) is 8.78 Å². The number of halogens is 2. The lowest BCUT2D eigenvalue weighted by atomic mass is 9.78. The van der Waals surface area contributed by atoms with E-state index in [-0.39, 0.29) is 18.6 Å². The Labute approximate surface area is 223 Å². The summed E-state index contributed by atoms with van der Waals surface area (Å²) < 4.78 is 39.3. The van der Waals surface area contributed by atoms with Crippen molar-refractivity contribution in [3.05, 3.63) is 48.2 Å². The van der Waals surface area contributed by atoms with Gasteiger partial charge in [0.2, 0.25) is 11.8 Å². The predicted octanol–water partition coefficient (Wildman–Crippen LogP) is 5.81. The van der Waals surface area contributed by atoms with Gasteiger partial charge in [-0.1, -0.05) is 18.2 Å². The van der Waals surface area contributed by atoms with E-state index < -0.39 is 41.7 Å². The van der Waals surface area contributed by atoms with Gasteiger partial charge in [-0.25, -0.2) is 8.78 Å². The van der Waals surface area contributed by atoms with Gasteiger partial charge in [0.25, 0.3) is 5.91 Å². The summed E-state index contributed by atoms with van der Waals surface area (Å²) in [6, 6.07) is 13.0. The fourth-order valence-corrected chi connectivity index (χ4v) is 5.40. The summed E-state index contributed by atoms with van der Waals surface area (Å²) in [6.07, 6.45) is 2.93. The molecule has 0 unspecified atom stereocenters. The van der Waals surface area contributed by atoms with E-state index in [1.807, 2.05) is 42.7 Å². The van der Waals surface area contributed by atoms with Gasteiger partial charge >= 0.3 is 0 Å². The van der Waals surface area contributed by atoms with Gasteiger partial charge in [-0.15, -0.1) is 11.8 Å². The molecule has 0 spiro atoms. The summed E-state index contributed by atoms with van der Waals surface area (Å²) >= 11 is 1.59. The molecule has 2 aromatic carbocycles. The van der Waals surface area contributed by atoms with Gasteiger partial charge in [-0.2, -0.15) is 0 Å². The van der Waals surface area contributed by atoms with Crippen molar-refractivity contribution in [3.63, 3.8) is 0 Å². The van der Waals surface area contributed by atoms with Gasteiger partial charge in [0, 0.05) is 29.3 Å². The van der Waals surface area contributed by atoms with Crippen LogP contribution in [0.2, 0.25) is 0 Å². The summed E-state index contributed by atoms with van der Waals surface area (Å²) in [5.41, 5.74) is 0.0209. The van der Waals surface area contributed by atoms with Crippen LogP contribution >= 0.6 is 11.8 Å². The van der Waals surface area contributed by atoms with Crippen LogP contribution in [0.25, 0.3) is 22.1 Å². The van der Waals surface area contributed by atoms with Crippen LogP contribution in [0, 0.1) is 5.41 Å². The SMILES string of the molecule is COc1cc(-c2ccc3cc(C(=O)NC4(C(=O)NC5(C=N)CC5)CCC(F)(F)CC4)oc3c2)ccc1SC. The number of fused-ring (bicyclic) bond motifs is 1. The summed E-state index contributed by atoms with van der Waals surface area (Å²) in [4.78, 5) is 27.6. The molecule has 0 radical (unpaired) electrons. The van der Waals surface area contributed by atoms with Gasteiger partial charge < -0.3 is 25.2 Å². The molecule has 2 amide bonds. The third-order valence-electron chi connectivity index (χ3n) is 7.51. The molecule has 0 saturated heterocycles. The largest absolute Gasteiger partial charge is 0.496 e. The number of benzene rings is 2. The van der Waals surface area contributed by atoms with Crippen molar-refractivity contribution in [1.82, 2.24) is 10.6 Å². The number of ether oxygens (including phenoxy) is 1. The lowest BCUT2D eigenvalue weighted by Crippen LogP contribution is -2.63. The zero-order chi connectivity index (χ0) is 27.1. The second kappa shape index (κ2) is 9.72. The standard InChI is InChI=1S/C28H29F2N3O4S/c1-36-21-14-18(5-6-23(21)38-2)17-3-4-19-15-22(37-20(19)13-17)24(34)32-27(9-11-28(29,30)12-10-27)25(35)33-26(16-31)7-8-26/h3-6,13-16,31H,7-12H2,1-2H3,(H,32,34)(H,33,35). The first-order chi connectivity index (χ1) is 18.1. The number of furan rings is 1. The minimum atomic E-state index is -2.89. The number of methoxy groups -OCH3 is 1. The number of nitrogens with one attached hydrogen (secondary N) is 3. The quantitative estimate of drug-likeness (QED) is 0.247. The minimum absolute atomic E-state index is 0.00911. The summed E-state index contributed by atoms with van der Waals surface area (Å²) in [5, 5.41) is 13.8. The molecule has 2 aliphatic rings. The summed E-state index contributed by atoms with van der Waals surface area (Å²) in [5.74, 6) is -3.32. The van der Waals surface area contributed by atoms with Crippen molar-refractivity contribution in [2.75, 3.05) is 13.4 Å². The van der Waals surface area contributed by atoms with E-state index in [2.05, 4.69) is 10.6 Å². The molecule has 0 atom stereocenters. The molecule has 10 heteroatoms. The maximum atomic E-state index is 14.0. The highest BCUT2D eigenvalue weighted by molar-refractivity contribution is 7.98. The monoisotopic (exact) mass is 541 g/mol. The van der Waals surface area contributed by atoms with E-state index in [1.165, 1.54) is 6.21 Å². The van der Waals surface area contributed by atoms with E-state index >= 15 is 0 Å². The smallest absolute Gasteiger partial charge is 0.287 e. The third kappa shape index (κ3) is 5.01. The van der Waals surface area contributed by atoms with Gasteiger partial charge in [-0.05, 0) is 67.3 Å². The van der Waals surface area contributed by atoms with E-state index in [1.54, 1.807) is 24.9 Å². The molecule has 1 aromatic heterocycles. The average Bonchev–Trinajstić information content (AvgIpc) is 3.56. The first-order valence-electron chi connectivity index (χ1n) is 12.4. The molecular formula is C28H29F2N3O4S. The number of hydrogen-bond donors (Lipinski definition) is 3. The molecule has 3 aromatic rings. The molecule has 38 heavy (non-hydrogen) atoms. The molecule has 0 bridgehead atoms. The number of amides is 2. The van der Waals surface area contributed by atoms with Crippen LogP contribution < -0.4 is 15.4 Å². The fourth-order valence-electron chi connectivity index (χ4n) is 4.85. The Balaban J connectivity index is 1.40. The highest BCUT2D eigenvalue weighted by Crippen LogP contribution is 2.41. The van der Waals surface area contributed by atoms with E-state index in [9.17, 15) is 18.4 Å². The van der Waals surface area contributed by atoms with Crippen LogP contribution in [-0.4, -0.2) is 48.4 Å². The first-order valence-corrected chi connectivity index (χ1v) is 13.6. The molecule has 2 aliphatic carbocycles.